The number of sulfonamides is 1. The van der Waals surface area contributed by atoms with Crippen molar-refractivity contribution in [2.45, 2.75) is 51.6 Å². The van der Waals surface area contributed by atoms with Gasteiger partial charge < -0.3 is 10.2 Å². The van der Waals surface area contributed by atoms with Crippen LogP contribution in [0.2, 0.25) is 0 Å². The Kier molecular flexibility index (Phi) is 11.0. The molecule has 8 heteroatoms. The smallest absolute Gasteiger partial charge is 0.264 e. The van der Waals surface area contributed by atoms with E-state index in [-0.39, 0.29) is 29.7 Å². The van der Waals surface area contributed by atoms with Gasteiger partial charge in [-0.25, -0.2) is 8.42 Å². The summed E-state index contributed by atoms with van der Waals surface area (Å²) in [6.45, 7) is 7.92. The van der Waals surface area contributed by atoms with E-state index in [0.29, 0.717) is 17.8 Å². The molecule has 0 saturated carbocycles. The van der Waals surface area contributed by atoms with Crippen LogP contribution >= 0.6 is 0 Å². The van der Waals surface area contributed by atoms with Gasteiger partial charge in [0.2, 0.25) is 11.8 Å². The van der Waals surface area contributed by atoms with Gasteiger partial charge >= 0.3 is 0 Å². The Balaban J connectivity index is 1.81. The SMILES string of the molecule is Cc1ccccc1CN(C(=O)CN(c1ccccc1C)S(=O)(=O)c1ccccc1)[C@H](Cc1ccccc1)C(=O)NCC(C)C. The van der Waals surface area contributed by atoms with Crippen LogP contribution in [0.5, 0.6) is 0 Å². The molecule has 0 aliphatic rings. The van der Waals surface area contributed by atoms with E-state index in [9.17, 15) is 18.0 Å². The number of anilines is 1. The highest BCUT2D eigenvalue weighted by Crippen LogP contribution is 2.28. The summed E-state index contributed by atoms with van der Waals surface area (Å²) in [7, 11) is -4.13. The molecule has 0 aromatic heterocycles. The summed E-state index contributed by atoms with van der Waals surface area (Å²) in [6, 6.07) is 31.6. The van der Waals surface area contributed by atoms with Crippen molar-refractivity contribution in [2.24, 2.45) is 5.92 Å². The third kappa shape index (κ3) is 8.14. The molecule has 0 heterocycles. The lowest BCUT2D eigenvalue weighted by atomic mass is 10.0. The molecule has 4 aromatic carbocycles. The summed E-state index contributed by atoms with van der Waals surface area (Å²) < 4.78 is 29.4. The largest absolute Gasteiger partial charge is 0.354 e. The molecular weight excluding hydrogens is 570 g/mol. The van der Waals surface area contributed by atoms with Crippen molar-refractivity contribution in [3.8, 4) is 0 Å². The van der Waals surface area contributed by atoms with Gasteiger partial charge in [0.05, 0.1) is 10.6 Å². The number of rotatable bonds is 13. The third-order valence-electron chi connectivity index (χ3n) is 7.55. The van der Waals surface area contributed by atoms with Gasteiger partial charge in [-0.1, -0.05) is 105 Å². The van der Waals surface area contributed by atoms with Gasteiger partial charge in [-0.05, 0) is 60.2 Å². The lowest BCUT2D eigenvalue weighted by molar-refractivity contribution is -0.140. The average Bonchev–Trinajstić information content (AvgIpc) is 3.02. The summed E-state index contributed by atoms with van der Waals surface area (Å²) in [4.78, 5) is 30.0. The fraction of sp³-hybridized carbons (Fsp3) is 0.278. The lowest BCUT2D eigenvalue weighted by Crippen LogP contribution is -2.54. The predicted molar refractivity (Wildman–Crippen MR) is 176 cm³/mol. The van der Waals surface area contributed by atoms with Crippen LogP contribution in [0.1, 0.15) is 36.1 Å². The van der Waals surface area contributed by atoms with E-state index >= 15 is 0 Å². The second kappa shape index (κ2) is 14.8. The van der Waals surface area contributed by atoms with Crippen LogP contribution in [0, 0.1) is 19.8 Å². The molecule has 0 aliphatic heterocycles. The summed E-state index contributed by atoms with van der Waals surface area (Å²) in [6.07, 6.45) is 0.276. The maximum absolute atomic E-state index is 14.5. The highest BCUT2D eigenvalue weighted by molar-refractivity contribution is 7.92. The van der Waals surface area contributed by atoms with E-state index in [1.165, 1.54) is 17.0 Å². The monoisotopic (exact) mass is 611 g/mol. The van der Waals surface area contributed by atoms with Crippen molar-refractivity contribution >= 4 is 27.5 Å². The fourth-order valence-corrected chi connectivity index (χ4v) is 6.52. The fourth-order valence-electron chi connectivity index (χ4n) is 5.02. The summed E-state index contributed by atoms with van der Waals surface area (Å²) in [5.41, 5.74) is 3.86. The van der Waals surface area contributed by atoms with Gasteiger partial charge in [-0.15, -0.1) is 0 Å². The molecule has 0 spiro atoms. The second-order valence-electron chi connectivity index (χ2n) is 11.4. The van der Waals surface area contributed by atoms with E-state index < -0.39 is 28.5 Å². The van der Waals surface area contributed by atoms with E-state index in [1.54, 1.807) is 30.3 Å². The Labute approximate surface area is 261 Å². The van der Waals surface area contributed by atoms with Gasteiger partial charge in [0.1, 0.15) is 12.6 Å². The number of hydrogen-bond acceptors (Lipinski definition) is 4. The Bertz CT molecular complexity index is 1660. The molecule has 1 atom stereocenters. The topological polar surface area (TPSA) is 86.8 Å². The van der Waals surface area contributed by atoms with E-state index in [2.05, 4.69) is 5.32 Å². The summed E-state index contributed by atoms with van der Waals surface area (Å²) in [5.74, 6) is -0.543. The number of hydrogen-bond donors (Lipinski definition) is 1. The van der Waals surface area contributed by atoms with Gasteiger partial charge in [0.15, 0.2) is 0 Å². The van der Waals surface area contributed by atoms with Crippen LogP contribution in [-0.4, -0.2) is 44.3 Å². The molecule has 4 rings (SSSR count). The van der Waals surface area contributed by atoms with Gasteiger partial charge in [0.25, 0.3) is 10.0 Å². The number of para-hydroxylation sites is 1. The van der Waals surface area contributed by atoms with Gasteiger partial charge in [0, 0.05) is 19.5 Å². The van der Waals surface area contributed by atoms with Crippen LogP contribution in [0.25, 0.3) is 0 Å². The normalized spacial score (nSPS) is 12.0. The van der Waals surface area contributed by atoms with Gasteiger partial charge in [-0.2, -0.15) is 0 Å². The highest BCUT2D eigenvalue weighted by atomic mass is 32.2. The predicted octanol–water partition coefficient (Wildman–Crippen LogP) is 5.91. The molecule has 44 heavy (non-hydrogen) atoms. The van der Waals surface area contributed by atoms with E-state index in [1.807, 2.05) is 94.4 Å². The summed E-state index contributed by atoms with van der Waals surface area (Å²) >= 11 is 0. The Morgan fingerprint density at radius 2 is 1.32 bits per heavy atom. The standard InChI is InChI=1S/C36H41N3O4S/c1-27(2)24-37-36(41)34(23-30-17-7-5-8-18-30)38(25-31-19-13-11-15-28(31)3)35(40)26-39(33-22-14-12-16-29(33)4)44(42,43)32-20-9-6-10-21-32/h5-22,27,34H,23-26H2,1-4H3,(H,37,41)/t34-/m1/s1. The van der Waals surface area contributed by atoms with Crippen LogP contribution in [0.3, 0.4) is 0 Å². The first kappa shape index (κ1) is 32.5. The number of amides is 2. The molecule has 4 aromatic rings. The van der Waals surface area contributed by atoms with Crippen LogP contribution in [0.4, 0.5) is 5.69 Å². The number of nitrogens with one attached hydrogen (secondary N) is 1. The van der Waals surface area contributed by atoms with Crippen LogP contribution in [-0.2, 0) is 32.6 Å². The minimum atomic E-state index is -4.13. The molecule has 0 unspecified atom stereocenters. The molecule has 0 radical (unpaired) electrons. The van der Waals surface area contributed by atoms with Crippen molar-refractivity contribution in [2.75, 3.05) is 17.4 Å². The molecular formula is C36H41N3O4S. The maximum atomic E-state index is 14.5. The Hall–Kier alpha value is -4.43. The van der Waals surface area contributed by atoms with Gasteiger partial charge in [-0.3, -0.25) is 13.9 Å². The zero-order valence-corrected chi connectivity index (χ0v) is 26.6. The van der Waals surface area contributed by atoms with Crippen molar-refractivity contribution in [1.29, 1.82) is 0 Å². The first-order valence-electron chi connectivity index (χ1n) is 14.9. The lowest BCUT2D eigenvalue weighted by Gasteiger charge is -2.34. The third-order valence-corrected chi connectivity index (χ3v) is 9.33. The Morgan fingerprint density at radius 1 is 0.750 bits per heavy atom. The maximum Gasteiger partial charge on any atom is 0.264 e. The van der Waals surface area contributed by atoms with Crippen molar-refractivity contribution in [3.63, 3.8) is 0 Å². The zero-order chi connectivity index (χ0) is 31.7. The zero-order valence-electron chi connectivity index (χ0n) is 25.8. The van der Waals surface area contributed by atoms with Crippen molar-refractivity contribution in [3.05, 3.63) is 131 Å². The first-order chi connectivity index (χ1) is 21.1. The van der Waals surface area contributed by atoms with Crippen LogP contribution in [0.15, 0.2) is 114 Å². The first-order valence-corrected chi connectivity index (χ1v) is 16.3. The summed E-state index contributed by atoms with van der Waals surface area (Å²) in [5, 5.41) is 3.02. The molecule has 1 N–H and O–H groups in total. The van der Waals surface area contributed by atoms with Crippen molar-refractivity contribution in [1.82, 2.24) is 10.2 Å². The quantitative estimate of drug-likeness (QED) is 0.204. The minimum Gasteiger partial charge on any atom is -0.354 e. The molecule has 0 aliphatic carbocycles. The Morgan fingerprint density at radius 3 is 1.93 bits per heavy atom. The number of carbonyl (C=O) groups is 2. The number of benzene rings is 4. The highest BCUT2D eigenvalue weighted by Gasteiger charge is 2.35. The molecule has 0 fully saturated rings. The van der Waals surface area contributed by atoms with Crippen LogP contribution < -0.4 is 9.62 Å². The molecule has 0 bridgehead atoms. The average molecular weight is 612 g/mol. The number of aryl methyl sites for hydroxylation is 2. The number of carbonyl (C=O) groups excluding carboxylic acids is 2. The molecule has 2 amide bonds. The minimum absolute atomic E-state index is 0.0806. The molecule has 0 saturated heterocycles. The van der Waals surface area contributed by atoms with E-state index in [4.69, 9.17) is 0 Å². The second-order valence-corrected chi connectivity index (χ2v) is 13.3. The van der Waals surface area contributed by atoms with Crippen molar-refractivity contribution < 1.29 is 18.0 Å². The molecule has 7 nitrogen and oxygen atoms in total. The number of nitrogens with zero attached hydrogens (tertiary/aromatic N) is 2. The van der Waals surface area contributed by atoms with E-state index in [0.717, 1.165) is 21.0 Å². The molecule has 230 valence electrons.